The van der Waals surface area contributed by atoms with Gasteiger partial charge < -0.3 is 16.2 Å². The topological polar surface area (TPSA) is 103 Å². The highest BCUT2D eigenvalue weighted by molar-refractivity contribution is 5.90. The third kappa shape index (κ3) is 3.92. The van der Waals surface area contributed by atoms with Crippen LogP contribution in [0.5, 0.6) is 0 Å². The molecule has 0 aromatic heterocycles. The van der Waals surface area contributed by atoms with Gasteiger partial charge in [0, 0.05) is 0 Å². The first-order valence-corrected chi connectivity index (χ1v) is 6.51. The molecule has 2 rings (SSSR count). The van der Waals surface area contributed by atoms with Crippen LogP contribution in [0.4, 0.5) is 0 Å². The summed E-state index contributed by atoms with van der Waals surface area (Å²) in [6.07, 6.45) is 1.56. The minimum absolute atomic E-state index is 0.0918. The fourth-order valence-corrected chi connectivity index (χ4v) is 1.88. The number of ether oxygens (including phenoxy) is 1. The Balaban J connectivity index is 2.24. The molecular weight excluding hydrogens is 280 g/mol. The Hall–Kier alpha value is -3.15. The molecule has 0 radical (unpaired) electrons. The first-order valence-electron chi connectivity index (χ1n) is 6.51. The van der Waals surface area contributed by atoms with Gasteiger partial charge in [-0.2, -0.15) is 5.10 Å². The smallest absolute Gasteiger partial charge is 0.337 e. The van der Waals surface area contributed by atoms with Crippen molar-refractivity contribution in [2.45, 2.75) is 0 Å². The minimum atomic E-state index is -0.357. The number of hydrogen-bond donors (Lipinski definition) is 2. The summed E-state index contributed by atoms with van der Waals surface area (Å²) in [5.74, 6) is -0.449. The van der Waals surface area contributed by atoms with Gasteiger partial charge >= 0.3 is 5.97 Å². The largest absolute Gasteiger partial charge is 0.465 e. The molecule has 6 nitrogen and oxygen atoms in total. The lowest BCUT2D eigenvalue weighted by Crippen LogP contribution is -2.21. The van der Waals surface area contributed by atoms with E-state index in [4.69, 9.17) is 11.5 Å². The van der Waals surface area contributed by atoms with Crippen molar-refractivity contribution >= 4 is 18.1 Å². The summed E-state index contributed by atoms with van der Waals surface area (Å²) in [5, 5.41) is 7.33. The Labute approximate surface area is 128 Å². The number of nitrogens with zero attached hydrogens (tertiary/aromatic N) is 2. The van der Waals surface area contributed by atoms with Gasteiger partial charge in [-0.25, -0.2) is 4.79 Å². The van der Waals surface area contributed by atoms with Gasteiger partial charge in [-0.15, -0.1) is 5.10 Å². The monoisotopic (exact) mass is 296 g/mol. The summed E-state index contributed by atoms with van der Waals surface area (Å²) in [4.78, 5) is 11.4. The van der Waals surface area contributed by atoms with Gasteiger partial charge in [-0.05, 0) is 34.9 Å². The molecule has 0 unspecified atom stereocenters. The molecule has 0 saturated heterocycles. The molecule has 0 atom stereocenters. The van der Waals surface area contributed by atoms with Crippen LogP contribution >= 0.6 is 0 Å². The second-order valence-electron chi connectivity index (χ2n) is 4.46. The van der Waals surface area contributed by atoms with Crippen molar-refractivity contribution in [2.24, 2.45) is 21.7 Å². The van der Waals surface area contributed by atoms with Crippen molar-refractivity contribution in [1.29, 1.82) is 0 Å². The highest BCUT2D eigenvalue weighted by atomic mass is 16.5. The van der Waals surface area contributed by atoms with Gasteiger partial charge in [-0.1, -0.05) is 30.3 Å². The molecule has 0 fully saturated rings. The lowest BCUT2D eigenvalue weighted by Gasteiger charge is -2.04. The van der Waals surface area contributed by atoms with Gasteiger partial charge in [0.25, 0.3) is 0 Å². The minimum Gasteiger partial charge on any atom is -0.465 e. The number of esters is 1. The maximum absolute atomic E-state index is 11.4. The molecule has 0 amide bonds. The number of carbonyl (C=O) groups excluding carboxylic acids is 1. The van der Waals surface area contributed by atoms with Crippen LogP contribution in [0.2, 0.25) is 0 Å². The maximum atomic E-state index is 11.4. The third-order valence-electron chi connectivity index (χ3n) is 2.91. The summed E-state index contributed by atoms with van der Waals surface area (Å²) in [7, 11) is 1.36. The lowest BCUT2D eigenvalue weighted by molar-refractivity contribution is 0.0601. The summed E-state index contributed by atoms with van der Waals surface area (Å²) in [5.41, 5.74) is 13.7. The van der Waals surface area contributed by atoms with Gasteiger partial charge in [0.15, 0.2) is 0 Å². The zero-order valence-corrected chi connectivity index (χ0v) is 12.1. The predicted molar refractivity (Wildman–Crippen MR) is 86.6 cm³/mol. The molecule has 2 aromatic carbocycles. The standard InChI is InChI=1S/C16H16N4O2/c1-22-15(21)13-7-5-12(6-8-13)14-4-2-3-11(9-14)10-19-20-16(17)18/h2-10H,1H3,(H4,17,18,20). The fraction of sp³-hybridized carbons (Fsp3) is 0.0625. The van der Waals surface area contributed by atoms with E-state index in [1.54, 1.807) is 18.3 Å². The summed E-state index contributed by atoms with van der Waals surface area (Å²) < 4.78 is 4.68. The Kier molecular flexibility index (Phi) is 4.87. The summed E-state index contributed by atoms with van der Waals surface area (Å²) in [6.45, 7) is 0. The van der Waals surface area contributed by atoms with E-state index >= 15 is 0 Å². The Morgan fingerprint density at radius 2 is 1.82 bits per heavy atom. The van der Waals surface area contributed by atoms with Crippen LogP contribution < -0.4 is 11.5 Å². The number of carbonyl (C=O) groups is 1. The van der Waals surface area contributed by atoms with Crippen LogP contribution in [0, 0.1) is 0 Å². The molecule has 112 valence electrons. The molecule has 0 heterocycles. The van der Waals surface area contributed by atoms with E-state index in [0.717, 1.165) is 16.7 Å². The van der Waals surface area contributed by atoms with Crippen LogP contribution in [0.25, 0.3) is 11.1 Å². The van der Waals surface area contributed by atoms with E-state index in [1.165, 1.54) is 7.11 Å². The number of guanidine groups is 1. The molecular formula is C16H16N4O2. The van der Waals surface area contributed by atoms with Gasteiger partial charge in [0.2, 0.25) is 5.96 Å². The highest BCUT2D eigenvalue weighted by Crippen LogP contribution is 2.20. The van der Waals surface area contributed by atoms with E-state index in [2.05, 4.69) is 14.9 Å². The fourth-order valence-electron chi connectivity index (χ4n) is 1.88. The van der Waals surface area contributed by atoms with Crippen LogP contribution in [0.1, 0.15) is 15.9 Å². The first kappa shape index (κ1) is 15.2. The second-order valence-corrected chi connectivity index (χ2v) is 4.46. The number of methoxy groups -OCH3 is 1. The molecule has 0 bridgehead atoms. The average Bonchev–Trinajstić information content (AvgIpc) is 2.54. The summed E-state index contributed by atoms with van der Waals surface area (Å²) in [6, 6.07) is 14.9. The van der Waals surface area contributed by atoms with Gasteiger partial charge in [-0.3, -0.25) is 0 Å². The zero-order valence-electron chi connectivity index (χ0n) is 12.1. The zero-order chi connectivity index (χ0) is 15.9. The van der Waals surface area contributed by atoms with E-state index in [-0.39, 0.29) is 11.9 Å². The number of nitrogens with two attached hydrogens (primary N) is 2. The third-order valence-corrected chi connectivity index (χ3v) is 2.91. The molecule has 6 heteroatoms. The highest BCUT2D eigenvalue weighted by Gasteiger charge is 2.05. The Morgan fingerprint density at radius 1 is 1.09 bits per heavy atom. The number of hydrogen-bond acceptors (Lipinski definition) is 4. The van der Waals surface area contributed by atoms with Crippen molar-refractivity contribution in [3.63, 3.8) is 0 Å². The molecule has 0 spiro atoms. The van der Waals surface area contributed by atoms with E-state index in [0.29, 0.717) is 5.56 Å². The Bertz CT molecular complexity index is 717. The molecule has 0 aliphatic heterocycles. The van der Waals surface area contributed by atoms with Crippen molar-refractivity contribution in [1.82, 2.24) is 0 Å². The molecule has 4 N–H and O–H groups in total. The number of rotatable bonds is 4. The molecule has 0 saturated carbocycles. The lowest BCUT2D eigenvalue weighted by atomic mass is 10.0. The molecule has 0 aliphatic rings. The average molecular weight is 296 g/mol. The van der Waals surface area contributed by atoms with E-state index < -0.39 is 0 Å². The van der Waals surface area contributed by atoms with Crippen LogP contribution in [-0.2, 0) is 4.74 Å². The Morgan fingerprint density at radius 3 is 2.45 bits per heavy atom. The van der Waals surface area contributed by atoms with Crippen molar-refractivity contribution in [3.05, 3.63) is 59.7 Å². The van der Waals surface area contributed by atoms with Crippen molar-refractivity contribution < 1.29 is 9.53 Å². The second kappa shape index (κ2) is 7.03. The van der Waals surface area contributed by atoms with Crippen LogP contribution in [-0.4, -0.2) is 25.3 Å². The van der Waals surface area contributed by atoms with Crippen molar-refractivity contribution in [2.75, 3.05) is 7.11 Å². The number of benzene rings is 2. The summed E-state index contributed by atoms with van der Waals surface area (Å²) >= 11 is 0. The van der Waals surface area contributed by atoms with Crippen molar-refractivity contribution in [3.8, 4) is 11.1 Å². The molecule has 2 aromatic rings. The van der Waals surface area contributed by atoms with E-state index in [9.17, 15) is 4.79 Å². The normalized spacial score (nSPS) is 10.4. The van der Waals surface area contributed by atoms with Gasteiger partial charge in [0.1, 0.15) is 0 Å². The SMILES string of the molecule is COC(=O)c1ccc(-c2cccc(C=NN=C(N)N)c2)cc1. The quantitative estimate of drug-likeness (QED) is 0.388. The van der Waals surface area contributed by atoms with Gasteiger partial charge in [0.05, 0.1) is 18.9 Å². The van der Waals surface area contributed by atoms with Crippen LogP contribution in [0.3, 0.4) is 0 Å². The van der Waals surface area contributed by atoms with Crippen LogP contribution in [0.15, 0.2) is 58.7 Å². The molecule has 0 aliphatic carbocycles. The molecule has 22 heavy (non-hydrogen) atoms. The van der Waals surface area contributed by atoms with E-state index in [1.807, 2.05) is 36.4 Å². The maximum Gasteiger partial charge on any atom is 0.337 e. The predicted octanol–water partition coefficient (Wildman–Crippen LogP) is 1.75. The first-order chi connectivity index (χ1) is 10.6.